The second kappa shape index (κ2) is 14.7. The largest absolute Gasteiger partial charge is 0.481 e. The van der Waals surface area contributed by atoms with Crippen molar-refractivity contribution in [2.75, 3.05) is 6.54 Å². The van der Waals surface area contributed by atoms with E-state index in [1.807, 2.05) is 0 Å². The van der Waals surface area contributed by atoms with Gasteiger partial charge in [-0.1, -0.05) is 0 Å². The molecule has 0 radical (unpaired) electrons. The molecule has 0 aliphatic rings. The summed E-state index contributed by atoms with van der Waals surface area (Å²) in [5.41, 5.74) is 21.3. The Kier molecular flexibility index (Phi) is 13.2. The van der Waals surface area contributed by atoms with Crippen LogP contribution in [0.3, 0.4) is 0 Å². The number of nitrogens with one attached hydrogen (secondary N) is 3. The monoisotopic (exact) mass is 459 g/mol. The second-order valence-corrected chi connectivity index (χ2v) is 7.29. The number of carbonyl (C=O) groups is 6. The summed E-state index contributed by atoms with van der Waals surface area (Å²) in [5.74, 6) is -4.53. The van der Waals surface area contributed by atoms with Gasteiger partial charge in [-0.05, 0) is 32.6 Å². The Morgan fingerprint density at radius 3 is 2.00 bits per heavy atom. The van der Waals surface area contributed by atoms with Crippen molar-refractivity contribution < 1.29 is 33.9 Å². The summed E-state index contributed by atoms with van der Waals surface area (Å²) in [7, 11) is 0. The molecule has 14 heteroatoms. The van der Waals surface area contributed by atoms with Crippen LogP contribution in [-0.2, 0) is 28.8 Å². The van der Waals surface area contributed by atoms with E-state index in [-0.39, 0.29) is 25.7 Å². The van der Waals surface area contributed by atoms with Gasteiger partial charge in [-0.3, -0.25) is 28.8 Å². The topological polar surface area (TPSA) is 263 Å². The van der Waals surface area contributed by atoms with Gasteiger partial charge in [-0.15, -0.1) is 0 Å². The average molecular weight is 460 g/mol. The van der Waals surface area contributed by atoms with Crippen LogP contribution in [0.1, 0.15) is 45.4 Å². The molecule has 0 aromatic carbocycles. The molecule has 5 amide bonds. The molecule has 0 rings (SSSR count). The van der Waals surface area contributed by atoms with Crippen molar-refractivity contribution in [2.45, 2.75) is 69.6 Å². The SMILES string of the molecule is CC(NC(=O)C(N)CCCCNC(=O)CC(N)C(N)=O)C(=O)NC(CCC(=O)O)C(N)=O. The molecule has 0 fully saturated rings. The molecule has 0 aromatic heterocycles. The van der Waals surface area contributed by atoms with E-state index in [2.05, 4.69) is 16.0 Å². The number of aliphatic carboxylic acids is 1. The predicted molar refractivity (Wildman–Crippen MR) is 112 cm³/mol. The third-order valence-corrected chi connectivity index (χ3v) is 4.43. The first-order chi connectivity index (χ1) is 14.8. The van der Waals surface area contributed by atoms with Crippen LogP contribution in [0.15, 0.2) is 0 Å². The summed E-state index contributed by atoms with van der Waals surface area (Å²) in [5, 5.41) is 15.9. The fraction of sp³-hybridized carbons (Fsp3) is 0.667. The summed E-state index contributed by atoms with van der Waals surface area (Å²) in [6, 6.07) is -4.18. The van der Waals surface area contributed by atoms with Gasteiger partial charge < -0.3 is 44.0 Å². The molecule has 12 N–H and O–H groups in total. The van der Waals surface area contributed by atoms with E-state index >= 15 is 0 Å². The average Bonchev–Trinajstić information content (AvgIpc) is 2.69. The van der Waals surface area contributed by atoms with Crippen molar-refractivity contribution in [1.82, 2.24) is 16.0 Å². The zero-order valence-electron chi connectivity index (χ0n) is 18.0. The number of carbonyl (C=O) groups excluding carboxylic acids is 5. The molecule has 0 aliphatic carbocycles. The number of hydrogen-bond donors (Lipinski definition) is 8. The summed E-state index contributed by atoms with van der Waals surface area (Å²) in [6.45, 7) is 1.67. The number of hydrogen-bond acceptors (Lipinski definition) is 8. The first-order valence-electron chi connectivity index (χ1n) is 10.0. The van der Waals surface area contributed by atoms with Crippen molar-refractivity contribution in [1.29, 1.82) is 0 Å². The molecule has 0 aliphatic heterocycles. The summed E-state index contributed by atoms with van der Waals surface area (Å²) in [6.07, 6.45) is 0.525. The molecule has 0 saturated carbocycles. The molecule has 0 saturated heterocycles. The molecular weight excluding hydrogens is 426 g/mol. The van der Waals surface area contributed by atoms with Crippen LogP contribution < -0.4 is 38.9 Å². The summed E-state index contributed by atoms with van der Waals surface area (Å²) in [4.78, 5) is 68.6. The molecule has 4 atom stereocenters. The molecule has 0 aromatic rings. The Balaban J connectivity index is 4.27. The number of unbranched alkanes of at least 4 members (excludes halogenated alkanes) is 1. The van der Waals surface area contributed by atoms with E-state index in [4.69, 9.17) is 28.0 Å². The van der Waals surface area contributed by atoms with Crippen molar-refractivity contribution in [3.8, 4) is 0 Å². The van der Waals surface area contributed by atoms with E-state index in [1.165, 1.54) is 6.92 Å². The van der Waals surface area contributed by atoms with Gasteiger partial charge in [0, 0.05) is 13.0 Å². The van der Waals surface area contributed by atoms with Crippen molar-refractivity contribution in [3.05, 3.63) is 0 Å². The number of primary amides is 2. The van der Waals surface area contributed by atoms with Gasteiger partial charge >= 0.3 is 5.97 Å². The lowest BCUT2D eigenvalue weighted by molar-refractivity contribution is -0.138. The van der Waals surface area contributed by atoms with Crippen molar-refractivity contribution >= 4 is 35.5 Å². The van der Waals surface area contributed by atoms with Crippen LogP contribution in [0.5, 0.6) is 0 Å². The minimum absolute atomic E-state index is 0.179. The van der Waals surface area contributed by atoms with Gasteiger partial charge in [0.2, 0.25) is 29.5 Å². The van der Waals surface area contributed by atoms with E-state index in [1.54, 1.807) is 0 Å². The zero-order valence-corrected chi connectivity index (χ0v) is 18.0. The van der Waals surface area contributed by atoms with E-state index in [9.17, 15) is 28.8 Å². The number of carboxylic acids is 1. The van der Waals surface area contributed by atoms with Crippen LogP contribution in [0.2, 0.25) is 0 Å². The second-order valence-electron chi connectivity index (χ2n) is 7.29. The maximum absolute atomic E-state index is 12.1. The van der Waals surface area contributed by atoms with Gasteiger partial charge in [0.05, 0.1) is 18.5 Å². The molecule has 0 spiro atoms. The predicted octanol–water partition coefficient (Wildman–Crippen LogP) is -3.86. The summed E-state index contributed by atoms with van der Waals surface area (Å²) >= 11 is 0. The van der Waals surface area contributed by atoms with E-state index in [0.29, 0.717) is 19.4 Å². The number of nitrogens with two attached hydrogens (primary N) is 4. The number of carboxylic acid groups (broad SMARTS) is 1. The van der Waals surface area contributed by atoms with Gasteiger partial charge in [0.15, 0.2) is 0 Å². The summed E-state index contributed by atoms with van der Waals surface area (Å²) < 4.78 is 0. The third-order valence-electron chi connectivity index (χ3n) is 4.43. The zero-order chi connectivity index (χ0) is 24.8. The highest BCUT2D eigenvalue weighted by Gasteiger charge is 2.24. The molecule has 182 valence electrons. The Hall–Kier alpha value is -3.26. The minimum Gasteiger partial charge on any atom is -0.481 e. The van der Waals surface area contributed by atoms with Gasteiger partial charge in [0.1, 0.15) is 12.1 Å². The van der Waals surface area contributed by atoms with Crippen molar-refractivity contribution in [3.63, 3.8) is 0 Å². The molecule has 4 unspecified atom stereocenters. The lowest BCUT2D eigenvalue weighted by Gasteiger charge is -2.20. The lowest BCUT2D eigenvalue weighted by Crippen LogP contribution is -2.54. The highest BCUT2D eigenvalue weighted by Crippen LogP contribution is 2.01. The Morgan fingerprint density at radius 2 is 1.47 bits per heavy atom. The maximum atomic E-state index is 12.1. The first kappa shape index (κ1) is 28.7. The van der Waals surface area contributed by atoms with Gasteiger partial charge in [0.25, 0.3) is 0 Å². The fourth-order valence-corrected chi connectivity index (χ4v) is 2.46. The van der Waals surface area contributed by atoms with Crippen LogP contribution >= 0.6 is 0 Å². The standard InChI is InChI=1S/C18H33N7O7/c1-9(17(31)25-12(16(22)30)5-6-14(27)28)24-18(32)10(19)4-2-3-7-23-13(26)8-11(20)15(21)29/h9-12H,2-8,19-20H2,1H3,(H2,21,29)(H2,22,30)(H,23,26)(H,24,32)(H,25,31)(H,27,28). The van der Waals surface area contributed by atoms with E-state index < -0.39 is 59.7 Å². The normalized spacial score (nSPS) is 14.3. The lowest BCUT2D eigenvalue weighted by atomic mass is 10.1. The first-order valence-corrected chi connectivity index (χ1v) is 10.0. The van der Waals surface area contributed by atoms with Crippen LogP contribution in [0.4, 0.5) is 0 Å². The van der Waals surface area contributed by atoms with Crippen molar-refractivity contribution in [2.24, 2.45) is 22.9 Å². The Bertz CT molecular complexity index is 701. The highest BCUT2D eigenvalue weighted by atomic mass is 16.4. The molecule has 0 heterocycles. The Morgan fingerprint density at radius 1 is 0.844 bits per heavy atom. The van der Waals surface area contributed by atoms with E-state index in [0.717, 1.165) is 0 Å². The quantitative estimate of drug-likeness (QED) is 0.105. The van der Waals surface area contributed by atoms with Crippen LogP contribution in [0, 0.1) is 0 Å². The van der Waals surface area contributed by atoms with Gasteiger partial charge in [-0.2, -0.15) is 0 Å². The highest BCUT2D eigenvalue weighted by molar-refractivity contribution is 5.92. The number of amides is 5. The molecule has 32 heavy (non-hydrogen) atoms. The minimum atomic E-state index is -1.18. The van der Waals surface area contributed by atoms with Crippen LogP contribution in [0.25, 0.3) is 0 Å². The third kappa shape index (κ3) is 12.4. The smallest absolute Gasteiger partial charge is 0.303 e. The molecule has 14 nitrogen and oxygen atoms in total. The molecular formula is C18H33N7O7. The van der Waals surface area contributed by atoms with Gasteiger partial charge in [-0.25, -0.2) is 0 Å². The maximum Gasteiger partial charge on any atom is 0.303 e. The Labute approximate surface area is 185 Å². The number of rotatable bonds is 16. The fourth-order valence-electron chi connectivity index (χ4n) is 2.46. The molecule has 0 bridgehead atoms. The van der Waals surface area contributed by atoms with Crippen LogP contribution in [-0.4, -0.2) is 71.3 Å².